The van der Waals surface area contributed by atoms with Crippen LogP contribution in [-0.2, 0) is 11.2 Å². The van der Waals surface area contributed by atoms with Gasteiger partial charge in [0.1, 0.15) is 17.2 Å². The van der Waals surface area contributed by atoms with E-state index in [9.17, 15) is 9.59 Å². The second-order valence-electron chi connectivity index (χ2n) is 5.82. The molecule has 2 aromatic rings. The normalized spacial score (nSPS) is 10.8. The Morgan fingerprint density at radius 2 is 2.24 bits per heavy atom. The summed E-state index contributed by atoms with van der Waals surface area (Å²) in [6.07, 6.45) is 0.709. The molecule has 7 nitrogen and oxygen atoms in total. The zero-order valence-corrected chi connectivity index (χ0v) is 14.9. The molecule has 2 aromatic heterocycles. The number of carboxylic acid groups (broad SMARTS) is 1. The van der Waals surface area contributed by atoms with Gasteiger partial charge in [0.25, 0.3) is 0 Å². The molecule has 0 fully saturated rings. The molecular weight excluding hydrogens is 344 g/mol. The monoisotopic (exact) mass is 362 g/mol. The van der Waals surface area contributed by atoms with Gasteiger partial charge in [0.15, 0.2) is 5.76 Å². The molecule has 0 bridgehead atoms. The first-order valence-electron chi connectivity index (χ1n) is 7.39. The predicted molar refractivity (Wildman–Crippen MR) is 92.7 cm³/mol. The lowest BCUT2D eigenvalue weighted by Crippen LogP contribution is -2.44. The van der Waals surface area contributed by atoms with Crippen LogP contribution in [0.15, 0.2) is 22.8 Å². The van der Waals surface area contributed by atoms with Crippen molar-refractivity contribution in [3.05, 3.63) is 28.3 Å². The second-order valence-corrected chi connectivity index (χ2v) is 6.90. The second kappa shape index (κ2) is 7.96. The maximum Gasteiger partial charge on any atom is 0.405 e. The van der Waals surface area contributed by atoms with Crippen LogP contribution in [-0.4, -0.2) is 41.2 Å². The summed E-state index contributed by atoms with van der Waals surface area (Å²) in [6, 6.07) is 3.41. The van der Waals surface area contributed by atoms with Gasteiger partial charge in [0, 0.05) is 19.1 Å². The van der Waals surface area contributed by atoms with E-state index in [4.69, 9.17) is 14.3 Å². The van der Waals surface area contributed by atoms with E-state index < -0.39 is 11.6 Å². The number of furan rings is 1. The van der Waals surface area contributed by atoms with E-state index in [0.717, 1.165) is 0 Å². The Hall–Kier alpha value is -2.63. The average Bonchev–Trinajstić information content (AvgIpc) is 3.14. The fourth-order valence-electron chi connectivity index (χ4n) is 2.13. The molecule has 1 amide bonds. The topological polar surface area (TPSA) is 102 Å². The number of amides is 1. The van der Waals surface area contributed by atoms with Gasteiger partial charge in [-0.15, -0.1) is 11.3 Å². The lowest BCUT2D eigenvalue weighted by Gasteiger charge is -2.22. The zero-order valence-electron chi connectivity index (χ0n) is 14.1. The fourth-order valence-corrected chi connectivity index (χ4v) is 3.32. The Labute approximate surface area is 149 Å². The van der Waals surface area contributed by atoms with Crippen LogP contribution in [0.2, 0.25) is 0 Å². The number of hydrogen-bond donors (Lipinski definition) is 2. The van der Waals surface area contributed by atoms with Crippen molar-refractivity contribution in [3.8, 4) is 23.3 Å². The number of nitrogens with zero attached hydrogens (tertiary/aromatic N) is 1. The summed E-state index contributed by atoms with van der Waals surface area (Å²) < 4.78 is 10.2. The maximum absolute atomic E-state index is 12.4. The molecule has 0 aliphatic rings. The van der Waals surface area contributed by atoms with E-state index in [1.54, 1.807) is 26.0 Å². The lowest BCUT2D eigenvalue weighted by atomic mass is 10.0. The van der Waals surface area contributed by atoms with Gasteiger partial charge < -0.3 is 19.6 Å². The predicted octanol–water partition coefficient (Wildman–Crippen LogP) is 2.82. The minimum absolute atomic E-state index is 0.156. The van der Waals surface area contributed by atoms with Crippen LogP contribution >= 0.6 is 11.3 Å². The maximum atomic E-state index is 12.4. The molecule has 2 rings (SSSR count). The van der Waals surface area contributed by atoms with Crippen molar-refractivity contribution in [2.24, 2.45) is 0 Å². The minimum atomic E-state index is -1.12. The highest BCUT2D eigenvalue weighted by Crippen LogP contribution is 2.30. The summed E-state index contributed by atoms with van der Waals surface area (Å²) in [5.41, 5.74) is -0.320. The number of nitrogens with one attached hydrogen (secondary N) is 1. The van der Waals surface area contributed by atoms with E-state index >= 15 is 0 Å². The number of thiazole rings is 1. The molecule has 0 unspecified atom stereocenters. The van der Waals surface area contributed by atoms with Crippen LogP contribution in [0.4, 0.5) is 4.79 Å². The number of rotatable bonds is 6. The van der Waals surface area contributed by atoms with Gasteiger partial charge in [-0.05, 0) is 31.9 Å². The van der Waals surface area contributed by atoms with Crippen LogP contribution in [0.5, 0.6) is 0 Å². The zero-order chi connectivity index (χ0) is 18.4. The van der Waals surface area contributed by atoms with Crippen molar-refractivity contribution in [1.29, 1.82) is 0 Å². The Morgan fingerprint density at radius 3 is 2.84 bits per heavy atom. The van der Waals surface area contributed by atoms with Crippen molar-refractivity contribution in [2.75, 3.05) is 13.7 Å². The molecule has 0 atom stereocenters. The molecule has 2 N–H and O–H groups in total. The van der Waals surface area contributed by atoms with Gasteiger partial charge >= 0.3 is 6.09 Å². The smallest absolute Gasteiger partial charge is 0.405 e. The summed E-state index contributed by atoms with van der Waals surface area (Å²) in [5, 5.41) is 12.0. The number of carbonyl (C=O) groups excluding carboxylic acids is 1. The number of methoxy groups -OCH3 is 1. The summed E-state index contributed by atoms with van der Waals surface area (Å²) in [6.45, 7) is 3.65. The highest BCUT2D eigenvalue weighted by molar-refractivity contribution is 7.14. The fraction of sp³-hybridized carbons (Fsp3) is 0.353. The van der Waals surface area contributed by atoms with Crippen molar-refractivity contribution in [3.63, 3.8) is 0 Å². The van der Waals surface area contributed by atoms with Crippen molar-refractivity contribution in [1.82, 2.24) is 10.3 Å². The number of Topliss-reactive ketones (excluding diaryl/α,β-unsaturated/α-hetero) is 1. The summed E-state index contributed by atoms with van der Waals surface area (Å²) in [4.78, 5) is 28.1. The molecule has 8 heteroatoms. The van der Waals surface area contributed by atoms with E-state index in [1.807, 2.05) is 0 Å². The van der Waals surface area contributed by atoms with Crippen LogP contribution < -0.4 is 5.32 Å². The third kappa shape index (κ3) is 5.17. The molecule has 0 aliphatic heterocycles. The quantitative estimate of drug-likeness (QED) is 0.465. The van der Waals surface area contributed by atoms with E-state index in [2.05, 4.69) is 22.1 Å². The Kier molecular flexibility index (Phi) is 5.96. The van der Waals surface area contributed by atoms with Crippen molar-refractivity contribution < 1.29 is 23.8 Å². The Morgan fingerprint density at radius 1 is 1.48 bits per heavy atom. The van der Waals surface area contributed by atoms with Crippen LogP contribution in [0.25, 0.3) is 11.5 Å². The first-order chi connectivity index (χ1) is 11.8. The molecule has 0 radical (unpaired) electrons. The average molecular weight is 362 g/mol. The highest BCUT2D eigenvalue weighted by Gasteiger charge is 2.26. The number of carbonyl (C=O) groups is 2. The van der Waals surface area contributed by atoms with Crippen LogP contribution in [0.1, 0.15) is 28.5 Å². The van der Waals surface area contributed by atoms with Crippen LogP contribution in [0, 0.1) is 11.8 Å². The minimum Gasteiger partial charge on any atom is -0.465 e. The first-order valence-corrected chi connectivity index (χ1v) is 8.21. The molecular formula is C17H18N2O5S. The molecule has 0 saturated carbocycles. The molecule has 2 heterocycles. The summed E-state index contributed by atoms with van der Waals surface area (Å²) in [7, 11) is 1.50. The van der Waals surface area contributed by atoms with Gasteiger partial charge in [-0.25, -0.2) is 9.78 Å². The van der Waals surface area contributed by atoms with Crippen molar-refractivity contribution in [2.45, 2.75) is 25.8 Å². The molecule has 0 spiro atoms. The number of hydrogen-bond acceptors (Lipinski definition) is 6. The Balaban J connectivity index is 2.35. The largest absolute Gasteiger partial charge is 0.465 e. The summed E-state index contributed by atoms with van der Waals surface area (Å²) in [5.74, 6) is 5.22. The third-order valence-corrected chi connectivity index (χ3v) is 4.14. The van der Waals surface area contributed by atoms with E-state index in [1.165, 1.54) is 24.7 Å². The number of ether oxygens (including phenoxy) is 1. The van der Waals surface area contributed by atoms with Gasteiger partial charge in [-0.1, -0.05) is 5.92 Å². The van der Waals surface area contributed by atoms with Gasteiger partial charge in [-0.3, -0.25) is 4.79 Å². The highest BCUT2D eigenvalue weighted by atomic mass is 32.1. The standard InChI is InChI=1S/C17H18N2O5S/c1-17(2,19-16(21)22)10-13-18-14(12-7-5-9-24-12)15(25-13)11(20)6-4-8-23-3/h5,7,9,19H,8,10H2,1-3H3,(H,21,22). The first kappa shape index (κ1) is 18.7. The summed E-state index contributed by atoms with van der Waals surface area (Å²) >= 11 is 1.18. The molecule has 0 aromatic carbocycles. The van der Waals surface area contributed by atoms with Gasteiger partial charge in [0.2, 0.25) is 5.78 Å². The van der Waals surface area contributed by atoms with E-state index in [0.29, 0.717) is 27.8 Å². The van der Waals surface area contributed by atoms with Crippen LogP contribution in [0.3, 0.4) is 0 Å². The Bertz CT molecular complexity index is 812. The molecule has 0 aliphatic carbocycles. The third-order valence-electron chi connectivity index (χ3n) is 3.09. The lowest BCUT2D eigenvalue weighted by molar-refractivity contribution is 0.105. The molecule has 132 valence electrons. The number of aromatic nitrogens is 1. The molecule has 25 heavy (non-hydrogen) atoms. The van der Waals surface area contributed by atoms with Gasteiger partial charge in [-0.2, -0.15) is 0 Å². The van der Waals surface area contributed by atoms with Gasteiger partial charge in [0.05, 0.1) is 11.3 Å². The SMILES string of the molecule is COCC#CC(=O)c1sc(CC(C)(C)NC(=O)O)nc1-c1ccco1. The van der Waals surface area contributed by atoms with E-state index in [-0.39, 0.29) is 12.4 Å². The van der Waals surface area contributed by atoms with Crippen molar-refractivity contribution >= 4 is 23.2 Å². The number of ketones is 1. The molecule has 0 saturated heterocycles.